The van der Waals surface area contributed by atoms with Gasteiger partial charge in [-0.05, 0) is 48.6 Å². The molecule has 2 N–H and O–H groups in total. The highest BCUT2D eigenvalue weighted by molar-refractivity contribution is 7.94. The molecule has 0 saturated carbocycles. The van der Waals surface area contributed by atoms with E-state index in [-0.39, 0.29) is 20.9 Å². The van der Waals surface area contributed by atoms with E-state index in [1.807, 2.05) is 32.0 Å². The highest BCUT2D eigenvalue weighted by atomic mass is 32.2. The first-order valence-corrected chi connectivity index (χ1v) is 10.5. The lowest BCUT2D eigenvalue weighted by atomic mass is 10.1. The van der Waals surface area contributed by atoms with Crippen LogP contribution in [0, 0.1) is 13.8 Å². The summed E-state index contributed by atoms with van der Waals surface area (Å²) in [5.41, 5.74) is 3.03. The van der Waals surface area contributed by atoms with E-state index >= 15 is 0 Å². The van der Waals surface area contributed by atoms with Gasteiger partial charge in [-0.25, -0.2) is 13.4 Å². The Bertz CT molecular complexity index is 1010. The van der Waals surface area contributed by atoms with Crippen LogP contribution in [-0.4, -0.2) is 19.3 Å². The molecule has 1 aromatic carbocycles. The first-order chi connectivity index (χ1) is 11.8. The monoisotopic (exact) mass is 393 g/mol. The summed E-state index contributed by atoms with van der Waals surface area (Å²) in [6, 6.07) is 8.77. The number of nitrogens with zero attached hydrogens (tertiary/aromatic N) is 1. The first-order valence-electron chi connectivity index (χ1n) is 7.25. The van der Waals surface area contributed by atoms with Gasteiger partial charge in [-0.1, -0.05) is 12.1 Å². The van der Waals surface area contributed by atoms with Gasteiger partial charge in [0, 0.05) is 11.1 Å². The number of nitrogens with one attached hydrogen (secondary N) is 2. The molecule has 0 aliphatic rings. The van der Waals surface area contributed by atoms with Crippen LogP contribution >= 0.6 is 22.7 Å². The molecule has 0 fully saturated rings. The standard InChI is InChI=1S/C16H15N3O3S3/c1-10-5-6-12(8-11(10)2)17-15(20)13-9-24-16(18-13)19-25(21,22)14-4-3-7-23-14/h3-9H,1-2H3,(H,17,20)(H,18,19). The second kappa shape index (κ2) is 6.95. The van der Waals surface area contributed by atoms with Gasteiger partial charge in [0.05, 0.1) is 0 Å². The summed E-state index contributed by atoms with van der Waals surface area (Å²) in [6.45, 7) is 3.96. The fourth-order valence-corrected chi connectivity index (χ4v) is 4.96. The van der Waals surface area contributed by atoms with Crippen LogP contribution < -0.4 is 10.0 Å². The molecular weight excluding hydrogens is 378 g/mol. The van der Waals surface area contributed by atoms with Crippen molar-refractivity contribution in [3.8, 4) is 0 Å². The summed E-state index contributed by atoms with van der Waals surface area (Å²) >= 11 is 2.17. The molecular formula is C16H15N3O3S3. The molecule has 0 spiro atoms. The Kier molecular flexibility index (Phi) is 4.89. The Morgan fingerprint density at radius 2 is 1.92 bits per heavy atom. The number of hydrogen-bond donors (Lipinski definition) is 2. The van der Waals surface area contributed by atoms with E-state index in [0.717, 1.165) is 33.8 Å². The van der Waals surface area contributed by atoms with Gasteiger partial charge in [0.1, 0.15) is 9.90 Å². The molecule has 0 aliphatic heterocycles. The maximum atomic E-state index is 12.3. The average Bonchev–Trinajstić information content (AvgIpc) is 3.22. The van der Waals surface area contributed by atoms with Crippen molar-refractivity contribution in [1.29, 1.82) is 0 Å². The number of thiazole rings is 1. The molecule has 1 amide bonds. The largest absolute Gasteiger partial charge is 0.321 e. The number of aromatic nitrogens is 1. The van der Waals surface area contributed by atoms with Gasteiger partial charge in [-0.3, -0.25) is 9.52 Å². The van der Waals surface area contributed by atoms with Gasteiger partial charge >= 0.3 is 0 Å². The van der Waals surface area contributed by atoms with E-state index in [1.165, 1.54) is 11.4 Å². The minimum absolute atomic E-state index is 0.152. The molecule has 3 aromatic rings. The predicted molar refractivity (Wildman–Crippen MR) is 101 cm³/mol. The summed E-state index contributed by atoms with van der Waals surface area (Å²) in [4.78, 5) is 16.3. The second-order valence-corrected chi connectivity index (χ2v) is 9.04. The number of thiophene rings is 1. The fourth-order valence-electron chi connectivity index (χ4n) is 2.02. The van der Waals surface area contributed by atoms with Gasteiger partial charge in [0.25, 0.3) is 15.9 Å². The van der Waals surface area contributed by atoms with Crippen LogP contribution in [0.1, 0.15) is 21.6 Å². The number of aryl methyl sites for hydroxylation is 2. The number of rotatable bonds is 5. The van der Waals surface area contributed by atoms with Crippen LogP contribution in [0.5, 0.6) is 0 Å². The third-order valence-electron chi connectivity index (χ3n) is 3.48. The van der Waals surface area contributed by atoms with Crippen molar-refractivity contribution in [3.63, 3.8) is 0 Å². The van der Waals surface area contributed by atoms with E-state index in [1.54, 1.807) is 11.4 Å². The van der Waals surface area contributed by atoms with Crippen LogP contribution in [-0.2, 0) is 10.0 Å². The fraction of sp³-hybridized carbons (Fsp3) is 0.125. The molecule has 0 unspecified atom stereocenters. The minimum Gasteiger partial charge on any atom is -0.321 e. The van der Waals surface area contributed by atoms with Crippen LogP contribution in [0.3, 0.4) is 0 Å². The number of hydrogen-bond acceptors (Lipinski definition) is 6. The Labute approximate surface area is 153 Å². The van der Waals surface area contributed by atoms with Gasteiger partial charge in [-0.15, -0.1) is 22.7 Å². The van der Waals surface area contributed by atoms with Crippen molar-refractivity contribution in [3.05, 3.63) is 57.9 Å². The SMILES string of the molecule is Cc1ccc(NC(=O)c2csc(NS(=O)(=O)c3cccs3)n2)cc1C. The zero-order valence-electron chi connectivity index (χ0n) is 13.4. The molecule has 0 aliphatic carbocycles. The summed E-state index contributed by atoms with van der Waals surface area (Å²) < 4.78 is 26.9. The maximum absolute atomic E-state index is 12.3. The third kappa shape index (κ3) is 4.06. The molecule has 9 heteroatoms. The van der Waals surface area contributed by atoms with Gasteiger partial charge < -0.3 is 5.32 Å². The molecule has 6 nitrogen and oxygen atoms in total. The Morgan fingerprint density at radius 3 is 2.60 bits per heavy atom. The normalized spacial score (nSPS) is 11.3. The van der Waals surface area contributed by atoms with Crippen LogP contribution in [0.2, 0.25) is 0 Å². The van der Waals surface area contributed by atoms with Crippen molar-refractivity contribution in [2.75, 3.05) is 10.0 Å². The van der Waals surface area contributed by atoms with E-state index in [2.05, 4.69) is 15.0 Å². The van der Waals surface area contributed by atoms with Gasteiger partial charge in [0.15, 0.2) is 5.13 Å². The third-order valence-corrected chi connectivity index (χ3v) is 7.11. The molecule has 3 rings (SSSR count). The van der Waals surface area contributed by atoms with Crippen molar-refractivity contribution in [1.82, 2.24) is 4.98 Å². The number of carbonyl (C=O) groups is 1. The number of benzene rings is 1. The van der Waals surface area contributed by atoms with Crippen LogP contribution in [0.4, 0.5) is 10.8 Å². The quantitative estimate of drug-likeness (QED) is 0.689. The minimum atomic E-state index is -3.67. The lowest BCUT2D eigenvalue weighted by molar-refractivity contribution is 0.102. The summed E-state index contributed by atoms with van der Waals surface area (Å²) in [5.74, 6) is -0.388. The lowest BCUT2D eigenvalue weighted by Gasteiger charge is -2.06. The maximum Gasteiger partial charge on any atom is 0.275 e. The number of anilines is 2. The summed E-state index contributed by atoms with van der Waals surface area (Å²) in [6.07, 6.45) is 0. The van der Waals surface area contributed by atoms with Crippen LogP contribution in [0.25, 0.3) is 0 Å². The number of sulfonamides is 1. The highest BCUT2D eigenvalue weighted by Crippen LogP contribution is 2.23. The van der Waals surface area contributed by atoms with E-state index < -0.39 is 10.0 Å². The molecule has 130 valence electrons. The summed E-state index contributed by atoms with van der Waals surface area (Å²) in [7, 11) is -3.67. The molecule has 25 heavy (non-hydrogen) atoms. The molecule has 0 bridgehead atoms. The van der Waals surface area contributed by atoms with Crippen molar-refractivity contribution in [2.24, 2.45) is 0 Å². The smallest absolute Gasteiger partial charge is 0.275 e. The first kappa shape index (κ1) is 17.6. The summed E-state index contributed by atoms with van der Waals surface area (Å²) in [5, 5.41) is 6.11. The van der Waals surface area contributed by atoms with E-state index in [0.29, 0.717) is 5.69 Å². The number of amides is 1. The van der Waals surface area contributed by atoms with Crippen molar-refractivity contribution < 1.29 is 13.2 Å². The van der Waals surface area contributed by atoms with Crippen molar-refractivity contribution >= 4 is 49.4 Å². The molecule has 0 atom stereocenters. The number of carbonyl (C=O) groups excluding carboxylic acids is 1. The zero-order valence-corrected chi connectivity index (χ0v) is 15.9. The molecule has 2 aromatic heterocycles. The lowest BCUT2D eigenvalue weighted by Crippen LogP contribution is -2.14. The Morgan fingerprint density at radius 1 is 1.12 bits per heavy atom. The van der Waals surface area contributed by atoms with Gasteiger partial charge in [-0.2, -0.15) is 0 Å². The Balaban J connectivity index is 1.72. The van der Waals surface area contributed by atoms with Gasteiger partial charge in [0.2, 0.25) is 0 Å². The zero-order chi connectivity index (χ0) is 18.0. The van der Waals surface area contributed by atoms with E-state index in [4.69, 9.17) is 0 Å². The topological polar surface area (TPSA) is 88.2 Å². The average molecular weight is 394 g/mol. The van der Waals surface area contributed by atoms with Crippen molar-refractivity contribution in [2.45, 2.75) is 18.1 Å². The van der Waals surface area contributed by atoms with E-state index in [9.17, 15) is 13.2 Å². The van der Waals surface area contributed by atoms with Crippen LogP contribution in [0.15, 0.2) is 45.3 Å². The molecule has 0 radical (unpaired) electrons. The predicted octanol–water partition coefficient (Wildman–Crippen LogP) is 3.87. The Hall–Kier alpha value is -2.23. The second-order valence-electron chi connectivity index (χ2n) is 5.33. The molecule has 0 saturated heterocycles. The molecule has 2 heterocycles. The highest BCUT2D eigenvalue weighted by Gasteiger charge is 2.18.